The fourth-order valence-electron chi connectivity index (χ4n) is 2.55. The van der Waals surface area contributed by atoms with Gasteiger partial charge in [0.2, 0.25) is 18.1 Å². The fraction of sp³-hybridized carbons (Fsp3) is 0.211. The molecule has 0 aliphatic rings. The molecule has 0 fully saturated rings. The summed E-state index contributed by atoms with van der Waals surface area (Å²) < 4.78 is 9.84. The van der Waals surface area contributed by atoms with E-state index in [1.807, 2.05) is 6.07 Å². The van der Waals surface area contributed by atoms with Crippen molar-refractivity contribution >= 4 is 34.7 Å². The Morgan fingerprint density at radius 3 is 2.87 bits per heavy atom. The van der Waals surface area contributed by atoms with Crippen LogP contribution in [0.15, 0.2) is 47.4 Å². The Kier molecular flexibility index (Phi) is 7.17. The number of rotatable bonds is 10. The minimum absolute atomic E-state index is 0.00168. The first-order chi connectivity index (χ1) is 14.6. The second kappa shape index (κ2) is 10.2. The quantitative estimate of drug-likeness (QED) is 0.284. The number of nitrogens with zero attached hydrogens (tertiary/aromatic N) is 3. The van der Waals surface area contributed by atoms with Gasteiger partial charge in [-0.15, -0.1) is 0 Å². The molecule has 1 amide bonds. The lowest BCUT2D eigenvalue weighted by atomic mass is 10.1. The van der Waals surface area contributed by atoms with Crippen molar-refractivity contribution in [3.05, 3.63) is 59.3 Å². The van der Waals surface area contributed by atoms with Gasteiger partial charge in [-0.1, -0.05) is 16.8 Å². The van der Waals surface area contributed by atoms with Crippen LogP contribution >= 0.6 is 11.6 Å². The number of methoxy groups -OCH3 is 1. The average Bonchev–Trinajstić information content (AvgIpc) is 3.31. The lowest BCUT2D eigenvalue weighted by Gasteiger charge is -2.12. The van der Waals surface area contributed by atoms with Crippen molar-refractivity contribution in [2.45, 2.75) is 0 Å². The van der Waals surface area contributed by atoms with Crippen molar-refractivity contribution in [3.8, 4) is 5.75 Å². The third-order valence-corrected chi connectivity index (χ3v) is 4.32. The van der Waals surface area contributed by atoms with E-state index in [4.69, 9.17) is 21.7 Å². The molecule has 0 unspecified atom stereocenters. The van der Waals surface area contributed by atoms with Gasteiger partial charge in [0.1, 0.15) is 17.3 Å². The summed E-state index contributed by atoms with van der Waals surface area (Å²) in [7, 11) is 1.55. The topological polar surface area (TPSA) is 138 Å². The number of anilines is 2. The zero-order valence-electron chi connectivity index (χ0n) is 16.1. The predicted octanol–water partition coefficient (Wildman–Crippen LogP) is 2.18. The number of carbonyl (C=O) groups is 1. The van der Waals surface area contributed by atoms with Crippen LogP contribution in [-0.2, 0) is 4.79 Å². The molecule has 11 heteroatoms. The van der Waals surface area contributed by atoms with Gasteiger partial charge in [0.05, 0.1) is 18.7 Å². The molecule has 3 rings (SSSR count). The molecule has 0 aliphatic heterocycles. The van der Waals surface area contributed by atoms with Crippen molar-refractivity contribution in [2.75, 3.05) is 37.4 Å². The molecule has 10 nitrogen and oxygen atoms in total. The minimum Gasteiger partial charge on any atom is -0.495 e. The van der Waals surface area contributed by atoms with Crippen LogP contribution in [0.1, 0.15) is 11.4 Å². The zero-order valence-corrected chi connectivity index (χ0v) is 16.9. The van der Waals surface area contributed by atoms with Crippen LogP contribution in [0.25, 0.3) is 0 Å². The summed E-state index contributed by atoms with van der Waals surface area (Å²) in [5.41, 5.74) is 1.34. The summed E-state index contributed by atoms with van der Waals surface area (Å²) >= 11 is 6.00. The van der Waals surface area contributed by atoms with Crippen LogP contribution in [0, 0.1) is 5.41 Å². The molecule has 2 heterocycles. The largest absolute Gasteiger partial charge is 0.495 e. The molecular weight excluding hydrogens is 410 g/mol. The van der Waals surface area contributed by atoms with Crippen LogP contribution in [0.3, 0.4) is 0 Å². The maximum absolute atomic E-state index is 12.1. The maximum atomic E-state index is 12.1. The molecule has 0 saturated carbocycles. The Labute approximate surface area is 177 Å². The summed E-state index contributed by atoms with van der Waals surface area (Å²) in [5.74, 6) is 0.884. The maximum Gasteiger partial charge on any atom is 0.239 e. The monoisotopic (exact) mass is 429 g/mol. The van der Waals surface area contributed by atoms with Crippen LogP contribution in [0.4, 0.5) is 11.5 Å². The van der Waals surface area contributed by atoms with Crippen molar-refractivity contribution in [2.24, 2.45) is 0 Å². The van der Waals surface area contributed by atoms with Gasteiger partial charge in [0.15, 0.2) is 0 Å². The summed E-state index contributed by atoms with van der Waals surface area (Å²) in [5, 5.41) is 21.3. The van der Waals surface area contributed by atoms with Crippen molar-refractivity contribution < 1.29 is 14.1 Å². The molecule has 0 atom stereocenters. The number of hydrogen-bond acceptors (Lipinski definition) is 9. The summed E-state index contributed by atoms with van der Waals surface area (Å²) in [4.78, 5) is 20.2. The number of ether oxygens (including phenoxy) is 1. The Bertz CT molecular complexity index is 1010. The third kappa shape index (κ3) is 5.45. The number of nitrogens with one attached hydrogen (secondary N) is 4. The lowest BCUT2D eigenvalue weighted by molar-refractivity contribution is -0.119. The number of hydrogen-bond donors (Lipinski definition) is 4. The van der Waals surface area contributed by atoms with E-state index in [-0.39, 0.29) is 24.0 Å². The van der Waals surface area contributed by atoms with Gasteiger partial charge in [-0.3, -0.25) is 10.2 Å². The fourth-order valence-corrected chi connectivity index (χ4v) is 2.75. The molecule has 30 heavy (non-hydrogen) atoms. The molecular formula is C19H20ClN7O3. The first-order valence-corrected chi connectivity index (χ1v) is 9.35. The standard InChI is InChI=1S/C19H20ClN7O3/c1-29-15-9-12(4-5-14(15)20)22-7-8-23-16(28)10-25-18-13(3-2-6-24-18)17(21)19-26-11-30-27-19/h2-6,9,11,21-22H,7-8,10H2,1H3,(H,23,28)(H,24,25). The second-order valence-electron chi connectivity index (χ2n) is 6.01. The van der Waals surface area contributed by atoms with E-state index in [0.717, 1.165) is 12.1 Å². The molecule has 0 bridgehead atoms. The van der Waals surface area contributed by atoms with Crippen LogP contribution in [0.2, 0.25) is 5.02 Å². The first-order valence-electron chi connectivity index (χ1n) is 8.97. The Morgan fingerprint density at radius 2 is 2.10 bits per heavy atom. The van der Waals surface area contributed by atoms with Gasteiger partial charge in [-0.25, -0.2) is 4.98 Å². The molecule has 156 valence electrons. The van der Waals surface area contributed by atoms with Gasteiger partial charge in [0, 0.05) is 36.6 Å². The third-order valence-electron chi connectivity index (χ3n) is 4.01. The van der Waals surface area contributed by atoms with Crippen molar-refractivity contribution in [3.63, 3.8) is 0 Å². The average molecular weight is 430 g/mol. The molecule has 0 radical (unpaired) electrons. The number of benzene rings is 1. The van der Waals surface area contributed by atoms with Crippen LogP contribution in [-0.4, -0.2) is 53.5 Å². The highest BCUT2D eigenvalue weighted by Gasteiger charge is 2.15. The Balaban J connectivity index is 1.46. The van der Waals surface area contributed by atoms with Gasteiger partial charge < -0.3 is 25.2 Å². The second-order valence-corrected chi connectivity index (χ2v) is 6.42. The zero-order chi connectivity index (χ0) is 21.3. The van der Waals surface area contributed by atoms with E-state index in [2.05, 4.69) is 35.6 Å². The highest BCUT2D eigenvalue weighted by atomic mass is 35.5. The van der Waals surface area contributed by atoms with Crippen LogP contribution in [0.5, 0.6) is 5.75 Å². The molecule has 0 spiro atoms. The molecule has 1 aromatic carbocycles. The highest BCUT2D eigenvalue weighted by molar-refractivity contribution is 6.32. The van der Waals surface area contributed by atoms with Crippen molar-refractivity contribution in [1.82, 2.24) is 20.4 Å². The summed E-state index contributed by atoms with van der Waals surface area (Å²) in [6, 6.07) is 8.73. The summed E-state index contributed by atoms with van der Waals surface area (Å²) in [6.07, 6.45) is 2.71. The van der Waals surface area contributed by atoms with Gasteiger partial charge in [0.25, 0.3) is 0 Å². The van der Waals surface area contributed by atoms with E-state index >= 15 is 0 Å². The van der Waals surface area contributed by atoms with Gasteiger partial charge in [-0.05, 0) is 24.3 Å². The Morgan fingerprint density at radius 1 is 1.23 bits per heavy atom. The van der Waals surface area contributed by atoms with E-state index in [1.165, 1.54) is 0 Å². The van der Waals surface area contributed by atoms with E-state index in [1.54, 1.807) is 37.6 Å². The normalized spacial score (nSPS) is 10.3. The first kappa shape index (κ1) is 21.1. The lowest BCUT2D eigenvalue weighted by Crippen LogP contribution is -2.33. The van der Waals surface area contributed by atoms with E-state index in [0.29, 0.717) is 35.2 Å². The number of aromatic nitrogens is 3. The molecule has 0 aliphatic carbocycles. The number of carbonyl (C=O) groups excluding carboxylic acids is 1. The minimum atomic E-state index is -0.215. The van der Waals surface area contributed by atoms with E-state index in [9.17, 15) is 4.79 Å². The van der Waals surface area contributed by atoms with Crippen LogP contribution < -0.4 is 20.7 Å². The highest BCUT2D eigenvalue weighted by Crippen LogP contribution is 2.27. The van der Waals surface area contributed by atoms with E-state index < -0.39 is 0 Å². The number of pyridine rings is 1. The number of amides is 1. The molecule has 4 N–H and O–H groups in total. The molecule has 2 aromatic heterocycles. The predicted molar refractivity (Wildman–Crippen MR) is 112 cm³/mol. The summed E-state index contributed by atoms with van der Waals surface area (Å²) in [6.45, 7) is 0.936. The van der Waals surface area contributed by atoms with Crippen molar-refractivity contribution in [1.29, 1.82) is 5.41 Å². The van der Waals surface area contributed by atoms with Gasteiger partial charge in [-0.2, -0.15) is 4.98 Å². The SMILES string of the molecule is COc1cc(NCCNC(=O)CNc2ncccc2C(=N)c2ncon2)ccc1Cl. The molecule has 3 aromatic rings. The Hall–Kier alpha value is -3.66. The number of halogens is 1. The smallest absolute Gasteiger partial charge is 0.239 e. The molecule has 0 saturated heterocycles. The van der Waals surface area contributed by atoms with Gasteiger partial charge >= 0.3 is 0 Å².